The number of carbonyl (C=O) groups is 2. The lowest BCUT2D eigenvalue weighted by atomic mass is 10.0. The quantitative estimate of drug-likeness (QED) is 0.646. The number of methoxy groups -OCH3 is 1. The molecule has 0 fully saturated rings. The number of aromatic hydroxyl groups is 1. The number of amides is 1. The summed E-state index contributed by atoms with van der Waals surface area (Å²) in [6.07, 6.45) is -4.97. The monoisotopic (exact) mass is 413 g/mol. The first-order valence-corrected chi connectivity index (χ1v) is 8.30. The molecule has 0 aromatic heterocycles. The van der Waals surface area contributed by atoms with E-state index in [1.807, 2.05) is 0 Å². The molecule has 2 aromatic rings. The smallest absolute Gasteiger partial charge is 0.508 e. The van der Waals surface area contributed by atoms with Gasteiger partial charge in [-0.2, -0.15) is 0 Å². The zero-order chi connectivity index (χ0) is 21.4. The van der Waals surface area contributed by atoms with E-state index in [-0.39, 0.29) is 17.9 Å². The predicted molar refractivity (Wildman–Crippen MR) is 94.2 cm³/mol. The number of hydrogen-bond donors (Lipinski definition) is 2. The number of halogens is 3. The summed E-state index contributed by atoms with van der Waals surface area (Å²) in [6, 6.07) is 9.78. The lowest BCUT2D eigenvalue weighted by Gasteiger charge is -2.18. The van der Waals surface area contributed by atoms with Gasteiger partial charge in [0.05, 0.1) is 19.6 Å². The highest BCUT2D eigenvalue weighted by Crippen LogP contribution is 2.25. The average molecular weight is 413 g/mol. The summed E-state index contributed by atoms with van der Waals surface area (Å²) in [7, 11) is 1.21. The summed E-state index contributed by atoms with van der Waals surface area (Å²) in [5, 5.41) is 12.2. The Labute approximate surface area is 164 Å². The first kappa shape index (κ1) is 21.9. The highest BCUT2D eigenvalue weighted by atomic mass is 19.4. The summed E-state index contributed by atoms with van der Waals surface area (Å²) < 4.78 is 50.0. The van der Waals surface area contributed by atoms with E-state index in [1.54, 1.807) is 12.1 Å². The Hall–Kier alpha value is -3.43. The van der Waals surface area contributed by atoms with Crippen LogP contribution in [0, 0.1) is 0 Å². The van der Waals surface area contributed by atoms with Crippen molar-refractivity contribution >= 4 is 11.9 Å². The number of phenols is 1. The van der Waals surface area contributed by atoms with Crippen molar-refractivity contribution in [1.29, 1.82) is 0 Å². The zero-order valence-corrected chi connectivity index (χ0v) is 15.2. The van der Waals surface area contributed by atoms with Gasteiger partial charge in [-0.25, -0.2) is 0 Å². The number of phenolic OH excluding ortho intramolecular Hbond substituents is 1. The summed E-state index contributed by atoms with van der Waals surface area (Å²) >= 11 is 0. The fraction of sp³-hybridized carbons (Fsp3) is 0.263. The minimum Gasteiger partial charge on any atom is -0.508 e. The number of carbonyl (C=O) groups excluding carboxylic acids is 2. The van der Waals surface area contributed by atoms with Crippen molar-refractivity contribution < 1.29 is 42.1 Å². The molecule has 1 unspecified atom stereocenters. The third-order valence-corrected chi connectivity index (χ3v) is 3.63. The van der Waals surface area contributed by atoms with Gasteiger partial charge in [0.25, 0.3) is 5.91 Å². The Morgan fingerprint density at radius 2 is 1.76 bits per heavy atom. The molecular weight excluding hydrogens is 395 g/mol. The SMILES string of the molecule is COC(=O)CC(NC(=O)COc1ccc(OC(F)(F)F)cc1)c1cccc(O)c1. The van der Waals surface area contributed by atoms with E-state index in [1.165, 1.54) is 31.4 Å². The molecule has 156 valence electrons. The fourth-order valence-electron chi connectivity index (χ4n) is 2.37. The van der Waals surface area contributed by atoms with Crippen LogP contribution in [-0.4, -0.2) is 37.1 Å². The molecule has 7 nitrogen and oxygen atoms in total. The van der Waals surface area contributed by atoms with Crippen LogP contribution in [0.3, 0.4) is 0 Å². The van der Waals surface area contributed by atoms with E-state index in [0.717, 1.165) is 12.1 Å². The maximum atomic E-state index is 12.2. The molecule has 0 saturated carbocycles. The molecule has 0 radical (unpaired) electrons. The van der Waals surface area contributed by atoms with E-state index < -0.39 is 36.6 Å². The molecule has 0 aliphatic rings. The zero-order valence-electron chi connectivity index (χ0n) is 15.2. The number of ether oxygens (including phenoxy) is 3. The summed E-state index contributed by atoms with van der Waals surface area (Å²) in [4.78, 5) is 23.8. The lowest BCUT2D eigenvalue weighted by molar-refractivity contribution is -0.274. The van der Waals surface area contributed by atoms with Crippen LogP contribution in [0.4, 0.5) is 13.2 Å². The van der Waals surface area contributed by atoms with Gasteiger partial charge in [-0.3, -0.25) is 9.59 Å². The second-order valence-corrected chi connectivity index (χ2v) is 5.80. The van der Waals surface area contributed by atoms with Gasteiger partial charge in [0.2, 0.25) is 0 Å². The topological polar surface area (TPSA) is 94.1 Å². The average Bonchev–Trinajstić information content (AvgIpc) is 2.65. The number of alkyl halides is 3. The molecule has 2 rings (SSSR count). The minimum atomic E-state index is -4.80. The van der Waals surface area contributed by atoms with Gasteiger partial charge in [0.1, 0.15) is 17.2 Å². The van der Waals surface area contributed by atoms with Crippen LogP contribution in [0.5, 0.6) is 17.2 Å². The number of rotatable bonds is 8. The molecule has 0 aliphatic carbocycles. The molecule has 1 atom stereocenters. The molecule has 10 heteroatoms. The molecule has 2 aromatic carbocycles. The summed E-state index contributed by atoms with van der Waals surface area (Å²) in [5.41, 5.74) is 0.484. The molecule has 1 amide bonds. The maximum Gasteiger partial charge on any atom is 0.573 e. The normalized spacial score (nSPS) is 12.0. The number of nitrogens with one attached hydrogen (secondary N) is 1. The van der Waals surface area contributed by atoms with Gasteiger partial charge in [0, 0.05) is 0 Å². The molecule has 29 heavy (non-hydrogen) atoms. The van der Waals surface area contributed by atoms with Gasteiger partial charge in [-0.05, 0) is 42.0 Å². The van der Waals surface area contributed by atoms with Crippen molar-refractivity contribution in [3.8, 4) is 17.2 Å². The van der Waals surface area contributed by atoms with E-state index in [9.17, 15) is 27.9 Å². The second kappa shape index (κ2) is 9.67. The van der Waals surface area contributed by atoms with Crippen molar-refractivity contribution in [2.24, 2.45) is 0 Å². The Morgan fingerprint density at radius 3 is 2.34 bits per heavy atom. The van der Waals surface area contributed by atoms with Crippen molar-refractivity contribution in [3.63, 3.8) is 0 Å². The number of hydrogen-bond acceptors (Lipinski definition) is 6. The Kier molecular flexibility index (Phi) is 7.29. The van der Waals surface area contributed by atoms with Gasteiger partial charge in [-0.1, -0.05) is 12.1 Å². The van der Waals surface area contributed by atoms with E-state index in [4.69, 9.17) is 4.74 Å². The van der Waals surface area contributed by atoms with Crippen LogP contribution < -0.4 is 14.8 Å². The van der Waals surface area contributed by atoms with Crippen LogP contribution in [0.25, 0.3) is 0 Å². The van der Waals surface area contributed by atoms with Crippen LogP contribution in [0.15, 0.2) is 48.5 Å². The maximum absolute atomic E-state index is 12.2. The Balaban J connectivity index is 1.96. The van der Waals surface area contributed by atoms with E-state index in [2.05, 4.69) is 14.8 Å². The van der Waals surface area contributed by atoms with Gasteiger partial charge in [0.15, 0.2) is 6.61 Å². The Bertz CT molecular complexity index is 839. The van der Waals surface area contributed by atoms with Crippen molar-refractivity contribution in [2.75, 3.05) is 13.7 Å². The molecule has 0 aliphatic heterocycles. The largest absolute Gasteiger partial charge is 0.573 e. The minimum absolute atomic E-state index is 0.0379. The standard InChI is InChI=1S/C19H18F3NO6/c1-27-18(26)10-16(12-3-2-4-13(24)9-12)23-17(25)11-28-14-5-7-15(8-6-14)29-19(20,21)22/h2-9,16,24H,10-11H2,1H3,(H,23,25). The third kappa shape index (κ3) is 7.60. The van der Waals surface area contributed by atoms with Gasteiger partial charge in [-0.15, -0.1) is 13.2 Å². The Morgan fingerprint density at radius 1 is 1.10 bits per heavy atom. The van der Waals surface area contributed by atoms with Crippen molar-refractivity contribution in [2.45, 2.75) is 18.8 Å². The fourth-order valence-corrected chi connectivity index (χ4v) is 2.37. The van der Waals surface area contributed by atoms with Crippen molar-refractivity contribution in [3.05, 3.63) is 54.1 Å². The number of esters is 1. The van der Waals surface area contributed by atoms with Gasteiger partial charge >= 0.3 is 12.3 Å². The van der Waals surface area contributed by atoms with Crippen LogP contribution >= 0.6 is 0 Å². The second-order valence-electron chi connectivity index (χ2n) is 5.80. The molecule has 0 saturated heterocycles. The van der Waals surface area contributed by atoms with Crippen LogP contribution in [0.1, 0.15) is 18.0 Å². The third-order valence-electron chi connectivity index (χ3n) is 3.63. The van der Waals surface area contributed by atoms with E-state index in [0.29, 0.717) is 5.56 Å². The first-order valence-electron chi connectivity index (χ1n) is 8.30. The molecular formula is C19H18F3NO6. The van der Waals surface area contributed by atoms with E-state index >= 15 is 0 Å². The van der Waals surface area contributed by atoms with Crippen LogP contribution in [0.2, 0.25) is 0 Å². The lowest BCUT2D eigenvalue weighted by Crippen LogP contribution is -2.34. The highest BCUT2D eigenvalue weighted by molar-refractivity contribution is 5.79. The molecule has 0 bridgehead atoms. The summed E-state index contributed by atoms with van der Waals surface area (Å²) in [6.45, 7) is -0.448. The molecule has 0 spiro atoms. The predicted octanol–water partition coefficient (Wildman–Crippen LogP) is 3.09. The number of benzene rings is 2. The first-order chi connectivity index (χ1) is 13.7. The summed E-state index contributed by atoms with van der Waals surface area (Å²) in [5.74, 6) is -1.46. The van der Waals surface area contributed by atoms with Gasteiger partial charge < -0.3 is 24.6 Å². The highest BCUT2D eigenvalue weighted by Gasteiger charge is 2.31. The molecule has 0 heterocycles. The molecule has 2 N–H and O–H groups in total. The van der Waals surface area contributed by atoms with Crippen LogP contribution in [-0.2, 0) is 14.3 Å². The van der Waals surface area contributed by atoms with Crippen molar-refractivity contribution in [1.82, 2.24) is 5.32 Å².